The number of rotatable bonds is 5. The van der Waals surface area contributed by atoms with Gasteiger partial charge in [-0.3, -0.25) is 0 Å². The van der Waals surface area contributed by atoms with Crippen LogP contribution in [0, 0.1) is 0 Å². The first-order valence-corrected chi connectivity index (χ1v) is 6.31. The second-order valence-corrected chi connectivity index (χ2v) is 4.59. The Labute approximate surface area is 107 Å². The lowest BCUT2D eigenvalue weighted by molar-refractivity contribution is 0.0596. The van der Waals surface area contributed by atoms with Gasteiger partial charge < -0.3 is 15.2 Å². The van der Waals surface area contributed by atoms with Crippen molar-refractivity contribution in [2.75, 3.05) is 19.5 Å². The molecule has 1 aromatic rings. The summed E-state index contributed by atoms with van der Waals surface area (Å²) < 4.78 is 10.4. The van der Waals surface area contributed by atoms with Crippen LogP contribution in [-0.2, 0) is 4.74 Å². The molecule has 1 aliphatic carbocycles. The molecule has 1 aliphatic rings. The monoisotopic (exact) mass is 249 g/mol. The van der Waals surface area contributed by atoms with Crippen LogP contribution >= 0.6 is 0 Å². The van der Waals surface area contributed by atoms with Crippen LogP contribution in [0.4, 0.5) is 5.69 Å². The summed E-state index contributed by atoms with van der Waals surface area (Å²) in [6, 6.07) is 3.57. The molecule has 4 nitrogen and oxygen atoms in total. The molecular formula is C14H19NO3. The number of ether oxygens (including phenoxy) is 2. The number of benzene rings is 1. The minimum atomic E-state index is -0.372. The molecular weight excluding hydrogens is 230 g/mol. The molecule has 0 saturated heterocycles. The molecule has 18 heavy (non-hydrogen) atoms. The van der Waals surface area contributed by atoms with Crippen LogP contribution in [0.15, 0.2) is 12.1 Å². The fourth-order valence-corrected chi connectivity index (χ4v) is 1.96. The molecule has 0 unspecified atom stereocenters. The molecule has 0 aliphatic heterocycles. The first-order chi connectivity index (χ1) is 8.67. The minimum Gasteiger partial charge on any atom is -0.493 e. The maximum Gasteiger partial charge on any atom is 0.341 e. The van der Waals surface area contributed by atoms with Crippen molar-refractivity contribution >= 4 is 11.7 Å². The zero-order valence-corrected chi connectivity index (χ0v) is 10.9. The van der Waals surface area contributed by atoms with E-state index in [1.54, 1.807) is 6.07 Å². The van der Waals surface area contributed by atoms with Gasteiger partial charge in [-0.1, -0.05) is 6.92 Å². The molecule has 0 radical (unpaired) electrons. The third-order valence-electron chi connectivity index (χ3n) is 3.07. The van der Waals surface area contributed by atoms with E-state index in [4.69, 9.17) is 15.2 Å². The molecule has 1 fully saturated rings. The van der Waals surface area contributed by atoms with Crippen LogP contribution in [-0.4, -0.2) is 19.7 Å². The molecule has 0 spiro atoms. The van der Waals surface area contributed by atoms with Crippen LogP contribution in [0.2, 0.25) is 0 Å². The zero-order chi connectivity index (χ0) is 13.1. The van der Waals surface area contributed by atoms with Crippen molar-refractivity contribution in [1.29, 1.82) is 0 Å². The lowest BCUT2D eigenvalue weighted by Crippen LogP contribution is -2.08. The van der Waals surface area contributed by atoms with Crippen molar-refractivity contribution in [2.24, 2.45) is 0 Å². The highest BCUT2D eigenvalue weighted by atomic mass is 16.5. The number of hydrogen-bond acceptors (Lipinski definition) is 4. The minimum absolute atomic E-state index is 0.372. The van der Waals surface area contributed by atoms with Gasteiger partial charge in [-0.25, -0.2) is 4.79 Å². The van der Waals surface area contributed by atoms with E-state index in [1.165, 1.54) is 7.11 Å². The quantitative estimate of drug-likeness (QED) is 0.643. The van der Waals surface area contributed by atoms with E-state index in [2.05, 4.69) is 0 Å². The number of anilines is 1. The fourth-order valence-electron chi connectivity index (χ4n) is 1.96. The van der Waals surface area contributed by atoms with E-state index in [9.17, 15) is 4.79 Å². The van der Waals surface area contributed by atoms with Gasteiger partial charge in [0.2, 0.25) is 0 Å². The smallest absolute Gasteiger partial charge is 0.341 e. The Morgan fingerprint density at radius 3 is 2.72 bits per heavy atom. The van der Waals surface area contributed by atoms with E-state index in [1.807, 2.05) is 13.0 Å². The lowest BCUT2D eigenvalue weighted by atomic mass is 10.0. The van der Waals surface area contributed by atoms with Gasteiger partial charge in [-0.15, -0.1) is 0 Å². The normalized spacial score (nSPS) is 14.3. The Morgan fingerprint density at radius 2 is 2.17 bits per heavy atom. The van der Waals surface area contributed by atoms with Crippen molar-refractivity contribution in [2.45, 2.75) is 32.1 Å². The number of hydrogen-bond donors (Lipinski definition) is 1. The highest BCUT2D eigenvalue weighted by molar-refractivity contribution is 5.93. The van der Waals surface area contributed by atoms with Crippen molar-refractivity contribution in [1.82, 2.24) is 0 Å². The highest BCUT2D eigenvalue weighted by Gasteiger charge is 2.28. The van der Waals surface area contributed by atoms with Crippen molar-refractivity contribution in [3.8, 4) is 5.75 Å². The number of carbonyl (C=O) groups excluding carboxylic acids is 1. The van der Waals surface area contributed by atoms with E-state index in [0.29, 0.717) is 29.5 Å². The van der Waals surface area contributed by atoms with E-state index >= 15 is 0 Å². The summed E-state index contributed by atoms with van der Waals surface area (Å²) in [5.74, 6) is 0.641. The Bertz CT molecular complexity index is 453. The Kier molecular flexibility index (Phi) is 3.75. The van der Waals surface area contributed by atoms with Crippen LogP contribution in [0.25, 0.3) is 0 Å². The van der Waals surface area contributed by atoms with Crippen LogP contribution in [0.1, 0.15) is 48.0 Å². The maximum absolute atomic E-state index is 11.8. The average molecular weight is 249 g/mol. The van der Waals surface area contributed by atoms with Crippen LogP contribution in [0.3, 0.4) is 0 Å². The number of methoxy groups -OCH3 is 1. The van der Waals surface area contributed by atoms with Crippen molar-refractivity contribution in [3.05, 3.63) is 23.3 Å². The second-order valence-electron chi connectivity index (χ2n) is 4.59. The first kappa shape index (κ1) is 12.7. The summed E-state index contributed by atoms with van der Waals surface area (Å²) in [6.45, 7) is 2.58. The second kappa shape index (κ2) is 5.29. The van der Waals surface area contributed by atoms with E-state index in [-0.39, 0.29) is 5.97 Å². The largest absolute Gasteiger partial charge is 0.493 e. The third kappa shape index (κ3) is 2.58. The van der Waals surface area contributed by atoms with Gasteiger partial charge in [-0.05, 0) is 36.8 Å². The molecule has 0 heterocycles. The molecule has 0 amide bonds. The van der Waals surface area contributed by atoms with Crippen LogP contribution < -0.4 is 10.5 Å². The van der Waals surface area contributed by atoms with E-state index in [0.717, 1.165) is 24.8 Å². The molecule has 2 rings (SSSR count). The van der Waals surface area contributed by atoms with Crippen LogP contribution in [0.5, 0.6) is 5.75 Å². The first-order valence-electron chi connectivity index (χ1n) is 6.31. The topological polar surface area (TPSA) is 61.5 Å². The Morgan fingerprint density at radius 1 is 1.44 bits per heavy atom. The summed E-state index contributed by atoms with van der Waals surface area (Å²) in [5.41, 5.74) is 8.23. The zero-order valence-electron chi connectivity index (χ0n) is 10.9. The van der Waals surface area contributed by atoms with Gasteiger partial charge in [0.05, 0.1) is 13.7 Å². The predicted molar refractivity (Wildman–Crippen MR) is 70.0 cm³/mol. The average Bonchev–Trinajstić information content (AvgIpc) is 3.19. The fraction of sp³-hybridized carbons (Fsp3) is 0.500. The SMILES string of the molecule is CCCOc1cc(N)c(C2CC2)cc1C(=O)OC. The molecule has 0 bridgehead atoms. The molecule has 0 aromatic heterocycles. The van der Waals surface area contributed by atoms with E-state index < -0.39 is 0 Å². The van der Waals surface area contributed by atoms with Gasteiger partial charge in [-0.2, -0.15) is 0 Å². The van der Waals surface area contributed by atoms with Gasteiger partial charge in [0.1, 0.15) is 11.3 Å². The molecule has 1 aromatic carbocycles. The van der Waals surface area contributed by atoms with Crippen molar-refractivity contribution < 1.29 is 14.3 Å². The number of carbonyl (C=O) groups is 1. The number of nitrogen functional groups attached to an aromatic ring is 1. The Hall–Kier alpha value is -1.71. The Balaban J connectivity index is 2.36. The number of nitrogens with two attached hydrogens (primary N) is 1. The van der Waals surface area contributed by atoms with Gasteiger partial charge in [0.15, 0.2) is 0 Å². The molecule has 4 heteroatoms. The van der Waals surface area contributed by atoms with Gasteiger partial charge in [0, 0.05) is 11.8 Å². The molecule has 98 valence electrons. The predicted octanol–water partition coefficient (Wildman–Crippen LogP) is 2.72. The van der Waals surface area contributed by atoms with Gasteiger partial charge >= 0.3 is 5.97 Å². The molecule has 1 saturated carbocycles. The third-order valence-corrected chi connectivity index (χ3v) is 3.07. The standard InChI is InChI=1S/C14H19NO3/c1-3-6-18-13-8-12(15)10(9-4-5-9)7-11(13)14(16)17-2/h7-9H,3-6,15H2,1-2H3. The summed E-state index contributed by atoms with van der Waals surface area (Å²) in [5, 5.41) is 0. The van der Waals surface area contributed by atoms with Gasteiger partial charge in [0.25, 0.3) is 0 Å². The molecule has 2 N–H and O–H groups in total. The van der Waals surface area contributed by atoms with Crippen molar-refractivity contribution in [3.63, 3.8) is 0 Å². The number of esters is 1. The summed E-state index contributed by atoms with van der Waals surface area (Å²) >= 11 is 0. The maximum atomic E-state index is 11.8. The summed E-state index contributed by atoms with van der Waals surface area (Å²) in [6.07, 6.45) is 3.16. The lowest BCUT2D eigenvalue weighted by Gasteiger charge is -2.13. The molecule has 0 atom stereocenters. The summed E-state index contributed by atoms with van der Waals surface area (Å²) in [4.78, 5) is 11.8. The summed E-state index contributed by atoms with van der Waals surface area (Å²) in [7, 11) is 1.37. The highest BCUT2D eigenvalue weighted by Crippen LogP contribution is 2.44.